The molecule has 0 bridgehead atoms. The first kappa shape index (κ1) is 24.3. The largest absolute Gasteiger partial charge is 0.444 e. The van der Waals surface area contributed by atoms with E-state index in [0.717, 1.165) is 49.0 Å². The lowest BCUT2D eigenvalue weighted by molar-refractivity contribution is 0.0527. The molecule has 1 N–H and O–H groups in total. The monoisotopic (exact) mass is 433 g/mol. The summed E-state index contributed by atoms with van der Waals surface area (Å²) in [5.41, 5.74) is 1.79. The summed E-state index contributed by atoms with van der Waals surface area (Å²) in [5.74, 6) is 0.917. The van der Waals surface area contributed by atoms with Gasteiger partial charge in [-0.2, -0.15) is 0 Å². The summed E-state index contributed by atoms with van der Waals surface area (Å²) in [7, 11) is 0.796. The number of nitrogens with one attached hydrogen (secondary N) is 1. The molecule has 2 aromatic heterocycles. The van der Waals surface area contributed by atoms with Crippen molar-refractivity contribution in [3.63, 3.8) is 0 Å². The molecule has 30 heavy (non-hydrogen) atoms. The Kier molecular flexibility index (Phi) is 8.43. The Balaban J connectivity index is 1.92. The molecule has 0 atom stereocenters. The minimum Gasteiger partial charge on any atom is -0.444 e. The van der Waals surface area contributed by atoms with Gasteiger partial charge in [0.2, 0.25) is 0 Å². The average Bonchev–Trinajstić information content (AvgIpc) is 2.93. The number of hydrogen-bond donors (Lipinski definition) is 1. The van der Waals surface area contributed by atoms with Crippen LogP contribution < -0.4 is 10.9 Å². The zero-order chi connectivity index (χ0) is 22.4. The minimum atomic E-state index is -1.13. The summed E-state index contributed by atoms with van der Waals surface area (Å²) < 4.78 is 13.2. The number of carbonyl (C=O) groups excluding carboxylic acids is 1. The van der Waals surface area contributed by atoms with Gasteiger partial charge in [0.15, 0.2) is 19.1 Å². The minimum absolute atomic E-state index is 0.380. The van der Waals surface area contributed by atoms with Crippen molar-refractivity contribution in [1.82, 2.24) is 24.8 Å². The van der Waals surface area contributed by atoms with Crippen molar-refractivity contribution in [1.29, 1.82) is 0 Å². The standard InChI is InChI=1S/C20H36BN5O3Si/c1-20(2,3)29-19(27)22-10-8-7-9-16-25-17-18(24-15(21)13-23-17)26(16)14-28-11-12-30(4,5)6/h13H,7-12,14,21H2,1-6H3,(H,22,27). The smallest absolute Gasteiger partial charge is 0.407 e. The molecule has 8 nitrogen and oxygen atoms in total. The van der Waals surface area contributed by atoms with Crippen LogP contribution in [0.2, 0.25) is 25.7 Å². The van der Waals surface area contributed by atoms with Crippen LogP contribution in [0.1, 0.15) is 39.4 Å². The van der Waals surface area contributed by atoms with Gasteiger partial charge in [-0.15, -0.1) is 0 Å². The predicted molar refractivity (Wildman–Crippen MR) is 125 cm³/mol. The van der Waals surface area contributed by atoms with Crippen molar-refractivity contribution in [2.24, 2.45) is 0 Å². The number of amides is 1. The molecule has 0 unspecified atom stereocenters. The van der Waals surface area contributed by atoms with Crippen molar-refractivity contribution in [3.05, 3.63) is 12.0 Å². The van der Waals surface area contributed by atoms with Crippen LogP contribution in [0.5, 0.6) is 0 Å². The zero-order valence-corrected chi connectivity index (χ0v) is 20.5. The third-order valence-electron chi connectivity index (χ3n) is 4.37. The number of fused-ring (bicyclic) bond motifs is 1. The summed E-state index contributed by atoms with van der Waals surface area (Å²) >= 11 is 0. The Morgan fingerprint density at radius 3 is 2.63 bits per heavy atom. The number of hydrogen-bond acceptors (Lipinski definition) is 6. The SMILES string of the molecule is Bc1cnc2nc(CCCCNC(=O)OC(C)(C)C)n(COCC[Si](C)(C)C)c2n1. The summed E-state index contributed by atoms with van der Waals surface area (Å²) in [6, 6.07) is 1.12. The van der Waals surface area contributed by atoms with Gasteiger partial charge in [0.25, 0.3) is 0 Å². The molecule has 0 aliphatic carbocycles. The molecule has 0 aliphatic rings. The average molecular weight is 433 g/mol. The number of aromatic nitrogens is 4. The highest BCUT2D eigenvalue weighted by Crippen LogP contribution is 2.15. The van der Waals surface area contributed by atoms with Gasteiger partial charge in [0.05, 0.1) is 0 Å². The molecular weight excluding hydrogens is 397 g/mol. The fourth-order valence-corrected chi connectivity index (χ4v) is 3.55. The van der Waals surface area contributed by atoms with Crippen LogP contribution in [0.25, 0.3) is 11.3 Å². The highest BCUT2D eigenvalue weighted by Gasteiger charge is 2.17. The van der Waals surface area contributed by atoms with Crippen LogP contribution in [0.3, 0.4) is 0 Å². The van der Waals surface area contributed by atoms with Crippen LogP contribution in [0, 0.1) is 0 Å². The third-order valence-corrected chi connectivity index (χ3v) is 6.07. The fraction of sp³-hybridized carbons (Fsp3) is 0.700. The molecule has 0 saturated carbocycles. The summed E-state index contributed by atoms with van der Waals surface area (Å²) in [6.45, 7) is 14.3. The number of aryl methyl sites for hydroxylation is 1. The lowest BCUT2D eigenvalue weighted by Crippen LogP contribution is -2.33. The van der Waals surface area contributed by atoms with Crippen LogP contribution in [0.15, 0.2) is 6.20 Å². The van der Waals surface area contributed by atoms with Crippen LogP contribution in [-0.2, 0) is 22.6 Å². The van der Waals surface area contributed by atoms with E-state index in [0.29, 0.717) is 18.9 Å². The van der Waals surface area contributed by atoms with Crippen molar-refractivity contribution >= 4 is 38.9 Å². The van der Waals surface area contributed by atoms with Gasteiger partial charge in [0.1, 0.15) is 18.2 Å². The van der Waals surface area contributed by atoms with Gasteiger partial charge < -0.3 is 14.8 Å². The number of rotatable bonds is 10. The molecule has 0 aliphatic heterocycles. The normalized spacial score (nSPS) is 12.3. The Bertz CT molecular complexity index is 845. The second-order valence-corrected chi connectivity index (χ2v) is 15.5. The van der Waals surface area contributed by atoms with Gasteiger partial charge in [-0.25, -0.2) is 19.7 Å². The van der Waals surface area contributed by atoms with Crippen LogP contribution in [0.4, 0.5) is 4.79 Å². The first-order chi connectivity index (χ1) is 13.9. The number of nitrogens with zero attached hydrogens (tertiary/aromatic N) is 4. The van der Waals surface area contributed by atoms with E-state index in [1.54, 1.807) is 6.20 Å². The Morgan fingerprint density at radius 1 is 1.23 bits per heavy atom. The molecule has 2 heterocycles. The molecule has 10 heteroatoms. The topological polar surface area (TPSA) is 91.2 Å². The highest BCUT2D eigenvalue weighted by atomic mass is 28.3. The third kappa shape index (κ3) is 8.43. The van der Waals surface area contributed by atoms with Crippen LogP contribution in [-0.4, -0.2) is 60.3 Å². The maximum atomic E-state index is 11.7. The lowest BCUT2D eigenvalue weighted by Gasteiger charge is -2.19. The molecule has 0 spiro atoms. The number of unbranched alkanes of at least 4 members (excludes halogenated alkanes) is 1. The molecule has 1 amide bonds. The van der Waals surface area contributed by atoms with Gasteiger partial charge in [-0.3, -0.25) is 4.57 Å². The zero-order valence-electron chi connectivity index (χ0n) is 19.5. The number of imidazole rings is 1. The fourth-order valence-electron chi connectivity index (χ4n) is 2.80. The van der Waals surface area contributed by atoms with Gasteiger partial charge in [0, 0.05) is 39.4 Å². The van der Waals surface area contributed by atoms with E-state index >= 15 is 0 Å². The predicted octanol–water partition coefficient (Wildman–Crippen LogP) is 2.24. The summed E-state index contributed by atoms with van der Waals surface area (Å²) in [4.78, 5) is 25.4. The summed E-state index contributed by atoms with van der Waals surface area (Å²) in [5, 5.41) is 2.80. The highest BCUT2D eigenvalue weighted by molar-refractivity contribution is 6.76. The Morgan fingerprint density at radius 2 is 1.97 bits per heavy atom. The molecule has 166 valence electrons. The maximum absolute atomic E-state index is 11.7. The number of ether oxygens (including phenoxy) is 2. The van der Waals surface area contributed by atoms with Gasteiger partial charge >= 0.3 is 6.09 Å². The van der Waals surface area contributed by atoms with E-state index in [1.165, 1.54) is 0 Å². The molecule has 2 aromatic rings. The Hall–Kier alpha value is -1.94. The molecule has 0 fully saturated rings. The van der Waals surface area contributed by atoms with Gasteiger partial charge in [-0.1, -0.05) is 19.6 Å². The quantitative estimate of drug-likeness (QED) is 0.457. The van der Waals surface area contributed by atoms with E-state index in [9.17, 15) is 4.79 Å². The van der Waals surface area contributed by atoms with E-state index in [4.69, 9.17) is 9.47 Å². The van der Waals surface area contributed by atoms with Crippen molar-refractivity contribution < 1.29 is 14.3 Å². The van der Waals surface area contributed by atoms with Crippen LogP contribution >= 0.6 is 0 Å². The second kappa shape index (κ2) is 10.4. The molecule has 2 rings (SSSR count). The first-order valence-electron chi connectivity index (χ1n) is 10.7. The van der Waals surface area contributed by atoms with Crippen molar-refractivity contribution in [3.8, 4) is 0 Å². The van der Waals surface area contributed by atoms with Crippen molar-refractivity contribution in [2.45, 2.75) is 78.1 Å². The maximum Gasteiger partial charge on any atom is 0.407 e. The number of carbonyl (C=O) groups is 1. The second-order valence-electron chi connectivity index (χ2n) is 9.85. The first-order valence-corrected chi connectivity index (χ1v) is 14.4. The lowest BCUT2D eigenvalue weighted by atomic mass is 10.1. The Labute approximate surface area is 181 Å². The van der Waals surface area contributed by atoms with E-state index in [-0.39, 0.29) is 6.09 Å². The molecule has 0 saturated heterocycles. The summed E-state index contributed by atoms with van der Waals surface area (Å²) in [6.07, 6.45) is 3.84. The van der Waals surface area contributed by atoms with Crippen molar-refractivity contribution in [2.75, 3.05) is 13.2 Å². The van der Waals surface area contributed by atoms with E-state index < -0.39 is 13.7 Å². The number of alkyl carbamates (subject to hydrolysis) is 1. The molecule has 0 radical (unpaired) electrons. The van der Waals surface area contributed by atoms with Gasteiger partial charge in [-0.05, 0) is 39.7 Å². The molecular formula is C20H36BN5O3Si. The van der Waals surface area contributed by atoms with E-state index in [1.807, 2.05) is 33.2 Å². The molecule has 0 aromatic carbocycles. The van der Waals surface area contributed by atoms with E-state index in [2.05, 4.69) is 39.9 Å².